The molecule has 0 N–H and O–H groups in total. The molecule has 0 atom stereocenters. The third kappa shape index (κ3) is 4.16. The molecule has 4 rings (SSSR count). The average Bonchev–Trinajstić information content (AvgIpc) is 3.18. The Hall–Kier alpha value is -2.75. The number of aromatic nitrogens is 2. The zero-order valence-corrected chi connectivity index (χ0v) is 16.7. The fraction of sp³-hybridized carbons (Fsp3) is 0.300. The lowest BCUT2D eigenvalue weighted by atomic mass is 10.2. The van der Waals surface area contributed by atoms with Crippen molar-refractivity contribution in [2.75, 3.05) is 26.8 Å². The predicted molar refractivity (Wildman–Crippen MR) is 105 cm³/mol. The van der Waals surface area contributed by atoms with Crippen LogP contribution in [0.1, 0.15) is 5.82 Å². The minimum absolute atomic E-state index is 0.245. The Morgan fingerprint density at radius 3 is 2.59 bits per heavy atom. The van der Waals surface area contributed by atoms with Gasteiger partial charge in [-0.2, -0.15) is 9.29 Å². The van der Waals surface area contributed by atoms with Gasteiger partial charge in [-0.3, -0.25) is 0 Å². The van der Waals surface area contributed by atoms with Crippen LogP contribution in [0.5, 0.6) is 5.75 Å². The van der Waals surface area contributed by atoms with E-state index in [2.05, 4.69) is 10.1 Å². The molecule has 3 aromatic rings. The number of sulfonamides is 1. The number of nitrogens with zero attached hydrogens (tertiary/aromatic N) is 3. The van der Waals surface area contributed by atoms with Crippen molar-refractivity contribution in [2.24, 2.45) is 0 Å². The van der Waals surface area contributed by atoms with Crippen molar-refractivity contribution in [3.63, 3.8) is 0 Å². The Labute approximate surface area is 169 Å². The molecule has 152 valence electrons. The highest BCUT2D eigenvalue weighted by Gasteiger charge is 2.38. The summed E-state index contributed by atoms with van der Waals surface area (Å²) in [5, 5.41) is 3.95. The van der Waals surface area contributed by atoms with E-state index in [1.807, 2.05) is 24.3 Å². The standard InChI is InChI=1S/C20H21N3O5S/c1-26-12-11-19-21-20(28-22-19)17-9-5-6-10-18(17)27-15-13-23(14-15)29(24,25)16-7-3-2-4-8-16/h2-10,15H,11-14H2,1H3. The van der Waals surface area contributed by atoms with Gasteiger partial charge in [0.25, 0.3) is 5.89 Å². The number of hydrogen-bond donors (Lipinski definition) is 0. The van der Waals surface area contributed by atoms with Gasteiger partial charge in [-0.25, -0.2) is 8.42 Å². The van der Waals surface area contributed by atoms with E-state index in [0.29, 0.717) is 36.1 Å². The minimum Gasteiger partial charge on any atom is -0.487 e. The second-order valence-electron chi connectivity index (χ2n) is 6.63. The molecule has 0 spiro atoms. The highest BCUT2D eigenvalue weighted by molar-refractivity contribution is 7.89. The molecular weight excluding hydrogens is 394 g/mol. The van der Waals surface area contributed by atoms with E-state index in [9.17, 15) is 8.42 Å². The summed E-state index contributed by atoms with van der Waals surface area (Å²) in [4.78, 5) is 4.67. The lowest BCUT2D eigenvalue weighted by Gasteiger charge is -2.38. The highest BCUT2D eigenvalue weighted by atomic mass is 32.2. The second kappa shape index (κ2) is 8.32. The number of para-hydroxylation sites is 1. The van der Waals surface area contributed by atoms with Crippen molar-refractivity contribution in [1.82, 2.24) is 14.4 Å². The Balaban J connectivity index is 1.44. The zero-order chi connectivity index (χ0) is 20.3. The van der Waals surface area contributed by atoms with Crippen LogP contribution in [0.25, 0.3) is 11.5 Å². The first kappa shape index (κ1) is 19.6. The normalized spacial score (nSPS) is 15.2. The summed E-state index contributed by atoms with van der Waals surface area (Å²) in [7, 11) is -1.88. The van der Waals surface area contributed by atoms with E-state index in [4.69, 9.17) is 14.0 Å². The maximum Gasteiger partial charge on any atom is 0.261 e. The average molecular weight is 415 g/mol. The van der Waals surface area contributed by atoms with E-state index in [0.717, 1.165) is 0 Å². The van der Waals surface area contributed by atoms with Crippen LogP contribution in [0.2, 0.25) is 0 Å². The van der Waals surface area contributed by atoms with Gasteiger partial charge in [0.05, 0.1) is 30.2 Å². The number of ether oxygens (including phenoxy) is 2. The highest BCUT2D eigenvalue weighted by Crippen LogP contribution is 2.31. The first-order valence-corrected chi connectivity index (χ1v) is 10.6. The van der Waals surface area contributed by atoms with Gasteiger partial charge in [0.1, 0.15) is 11.9 Å². The SMILES string of the molecule is COCCc1noc(-c2ccccc2OC2CN(S(=O)(=O)c3ccccc3)C2)n1. The second-order valence-corrected chi connectivity index (χ2v) is 8.57. The lowest BCUT2D eigenvalue weighted by molar-refractivity contribution is 0.0765. The Morgan fingerprint density at radius 2 is 1.83 bits per heavy atom. The van der Waals surface area contributed by atoms with Crippen molar-refractivity contribution in [1.29, 1.82) is 0 Å². The molecule has 9 heteroatoms. The van der Waals surface area contributed by atoms with E-state index in [1.54, 1.807) is 37.4 Å². The molecule has 0 bridgehead atoms. The Morgan fingerprint density at radius 1 is 1.10 bits per heavy atom. The van der Waals surface area contributed by atoms with Crippen LogP contribution in [-0.2, 0) is 21.2 Å². The van der Waals surface area contributed by atoms with Gasteiger partial charge in [0, 0.05) is 13.5 Å². The van der Waals surface area contributed by atoms with Crippen molar-refractivity contribution in [3.05, 3.63) is 60.4 Å². The fourth-order valence-corrected chi connectivity index (χ4v) is 4.52. The summed E-state index contributed by atoms with van der Waals surface area (Å²) in [5.74, 6) is 1.50. The zero-order valence-electron chi connectivity index (χ0n) is 15.9. The molecule has 0 radical (unpaired) electrons. The molecule has 29 heavy (non-hydrogen) atoms. The summed E-state index contributed by atoms with van der Waals surface area (Å²) < 4.78 is 43.1. The molecule has 0 saturated carbocycles. The fourth-order valence-electron chi connectivity index (χ4n) is 3.00. The van der Waals surface area contributed by atoms with Crippen LogP contribution in [0, 0.1) is 0 Å². The van der Waals surface area contributed by atoms with Crippen LogP contribution < -0.4 is 4.74 Å². The van der Waals surface area contributed by atoms with Crippen LogP contribution in [-0.4, -0.2) is 55.8 Å². The van der Waals surface area contributed by atoms with Crippen LogP contribution in [0.3, 0.4) is 0 Å². The van der Waals surface area contributed by atoms with Crippen LogP contribution in [0.15, 0.2) is 64.0 Å². The number of benzene rings is 2. The first-order valence-electron chi connectivity index (χ1n) is 9.20. The maximum atomic E-state index is 12.6. The van der Waals surface area contributed by atoms with Crippen LogP contribution >= 0.6 is 0 Å². The number of methoxy groups -OCH3 is 1. The molecule has 0 aliphatic carbocycles. The van der Waals surface area contributed by atoms with Crippen molar-refractivity contribution < 1.29 is 22.4 Å². The van der Waals surface area contributed by atoms with Crippen molar-refractivity contribution in [2.45, 2.75) is 17.4 Å². The van der Waals surface area contributed by atoms with Gasteiger partial charge in [0.2, 0.25) is 10.0 Å². The maximum absolute atomic E-state index is 12.6. The summed E-state index contributed by atoms with van der Waals surface area (Å²) >= 11 is 0. The first-order chi connectivity index (χ1) is 14.1. The minimum atomic E-state index is -3.49. The van der Waals surface area contributed by atoms with Gasteiger partial charge in [0.15, 0.2) is 5.82 Å². The molecule has 2 aromatic carbocycles. The van der Waals surface area contributed by atoms with E-state index in [1.165, 1.54) is 4.31 Å². The monoisotopic (exact) mass is 415 g/mol. The number of rotatable bonds is 8. The molecule has 2 heterocycles. The van der Waals surface area contributed by atoms with Crippen LogP contribution in [0.4, 0.5) is 0 Å². The lowest BCUT2D eigenvalue weighted by Crippen LogP contribution is -2.55. The largest absolute Gasteiger partial charge is 0.487 e. The Kier molecular flexibility index (Phi) is 5.61. The smallest absolute Gasteiger partial charge is 0.261 e. The summed E-state index contributed by atoms with van der Waals surface area (Å²) in [5.41, 5.74) is 0.674. The van der Waals surface area contributed by atoms with Gasteiger partial charge in [-0.1, -0.05) is 35.5 Å². The third-order valence-electron chi connectivity index (χ3n) is 4.60. The molecule has 0 unspecified atom stereocenters. The molecule has 0 amide bonds. The quantitative estimate of drug-likeness (QED) is 0.557. The predicted octanol–water partition coefficient (Wildman–Crippen LogP) is 2.38. The third-order valence-corrected chi connectivity index (χ3v) is 6.45. The van der Waals surface area contributed by atoms with Crippen molar-refractivity contribution in [3.8, 4) is 17.2 Å². The summed E-state index contributed by atoms with van der Waals surface area (Å²) in [6.45, 7) is 1.08. The van der Waals surface area contributed by atoms with Gasteiger partial charge >= 0.3 is 0 Å². The van der Waals surface area contributed by atoms with E-state index >= 15 is 0 Å². The Bertz CT molecular complexity index is 1060. The topological polar surface area (TPSA) is 94.8 Å². The summed E-state index contributed by atoms with van der Waals surface area (Å²) in [6.07, 6.45) is 0.309. The molecular formula is C20H21N3O5S. The summed E-state index contributed by atoms with van der Waals surface area (Å²) in [6, 6.07) is 15.7. The van der Waals surface area contributed by atoms with Gasteiger partial charge < -0.3 is 14.0 Å². The van der Waals surface area contributed by atoms with Gasteiger partial charge in [-0.15, -0.1) is 0 Å². The molecule has 1 saturated heterocycles. The molecule has 1 aromatic heterocycles. The molecule has 1 aliphatic heterocycles. The molecule has 8 nitrogen and oxygen atoms in total. The van der Waals surface area contributed by atoms with E-state index < -0.39 is 10.0 Å². The van der Waals surface area contributed by atoms with Gasteiger partial charge in [-0.05, 0) is 24.3 Å². The van der Waals surface area contributed by atoms with E-state index in [-0.39, 0.29) is 24.1 Å². The van der Waals surface area contributed by atoms with Crippen molar-refractivity contribution >= 4 is 10.0 Å². The number of hydrogen-bond acceptors (Lipinski definition) is 7. The molecule has 1 aliphatic rings. The molecule has 1 fully saturated rings.